The van der Waals surface area contributed by atoms with Crippen molar-refractivity contribution in [3.63, 3.8) is 0 Å². The predicted molar refractivity (Wildman–Crippen MR) is 72.3 cm³/mol. The highest BCUT2D eigenvalue weighted by atomic mass is 32.2. The Labute approximate surface area is 121 Å². The second-order valence-corrected chi connectivity index (χ2v) is 6.43. The Morgan fingerprint density at radius 2 is 1.95 bits per heavy atom. The van der Waals surface area contributed by atoms with Gasteiger partial charge in [-0.05, 0) is 25.3 Å². The van der Waals surface area contributed by atoms with Crippen LogP contribution in [0.1, 0.15) is 29.6 Å². The van der Waals surface area contributed by atoms with Crippen molar-refractivity contribution in [2.75, 3.05) is 13.2 Å². The lowest BCUT2D eigenvalue weighted by molar-refractivity contribution is -0.384. The quantitative estimate of drug-likeness (QED) is 0.473. The molecule has 0 unspecified atom stereocenters. The van der Waals surface area contributed by atoms with Crippen molar-refractivity contribution in [2.45, 2.75) is 24.2 Å². The molecule has 8 nitrogen and oxygen atoms in total. The number of nitro benzene ring substituents is 1. The molecular weight excluding hydrogens is 300 g/mol. The molecule has 2 rings (SSSR count). The van der Waals surface area contributed by atoms with E-state index in [1.807, 2.05) is 0 Å². The van der Waals surface area contributed by atoms with Crippen LogP contribution < -0.4 is 0 Å². The summed E-state index contributed by atoms with van der Waals surface area (Å²) in [5.74, 6) is -0.738. The molecule has 0 atom stereocenters. The number of fused-ring (bicyclic) bond motifs is 1. The summed E-state index contributed by atoms with van der Waals surface area (Å²) >= 11 is 0. The Morgan fingerprint density at radius 1 is 1.24 bits per heavy atom. The van der Waals surface area contributed by atoms with Crippen molar-refractivity contribution in [2.24, 2.45) is 0 Å². The van der Waals surface area contributed by atoms with Crippen molar-refractivity contribution in [3.05, 3.63) is 33.9 Å². The molecule has 114 valence electrons. The zero-order chi connectivity index (χ0) is 15.6. The third-order valence-electron chi connectivity index (χ3n) is 3.22. The van der Waals surface area contributed by atoms with E-state index in [0.29, 0.717) is 19.3 Å². The number of aliphatic hydroxyl groups is 1. The van der Waals surface area contributed by atoms with E-state index in [9.17, 15) is 23.3 Å². The number of sulfonamides is 1. The molecule has 9 heteroatoms. The molecule has 0 fully saturated rings. The highest BCUT2D eigenvalue weighted by Crippen LogP contribution is 2.32. The zero-order valence-corrected chi connectivity index (χ0v) is 11.9. The Balaban J connectivity index is 2.29. The van der Waals surface area contributed by atoms with Crippen LogP contribution in [-0.2, 0) is 10.0 Å². The number of hydrogen-bond donors (Lipinski definition) is 1. The van der Waals surface area contributed by atoms with E-state index < -0.39 is 20.9 Å². The summed E-state index contributed by atoms with van der Waals surface area (Å²) in [6, 6.07) is 3.15. The SMILES string of the molecule is O=C1c2cc([N+](=O)[O-])ccc2S(=O)(=O)N1CCCCCO. The van der Waals surface area contributed by atoms with Crippen LogP contribution in [0.3, 0.4) is 0 Å². The van der Waals surface area contributed by atoms with Gasteiger partial charge in [-0.15, -0.1) is 0 Å². The number of nitro groups is 1. The smallest absolute Gasteiger partial charge is 0.270 e. The lowest BCUT2D eigenvalue weighted by atomic mass is 10.2. The second kappa shape index (κ2) is 5.78. The van der Waals surface area contributed by atoms with Gasteiger partial charge in [0.2, 0.25) is 0 Å². The first-order valence-electron chi connectivity index (χ1n) is 6.36. The number of aliphatic hydroxyl groups excluding tert-OH is 1. The van der Waals surface area contributed by atoms with Crippen LogP contribution in [-0.4, -0.2) is 41.8 Å². The average Bonchev–Trinajstić information content (AvgIpc) is 2.63. The largest absolute Gasteiger partial charge is 0.396 e. The number of unbranched alkanes of at least 4 members (excludes halogenated alkanes) is 2. The first-order chi connectivity index (χ1) is 9.89. The molecule has 0 spiro atoms. The van der Waals surface area contributed by atoms with Crippen molar-refractivity contribution in [1.82, 2.24) is 4.31 Å². The van der Waals surface area contributed by atoms with Crippen molar-refractivity contribution < 1.29 is 23.2 Å². The zero-order valence-electron chi connectivity index (χ0n) is 11.1. The Bertz CT molecular complexity index is 685. The predicted octanol–water partition coefficient (Wildman–Crippen LogP) is 0.902. The number of amides is 1. The van der Waals surface area contributed by atoms with Gasteiger partial charge in [-0.2, -0.15) is 0 Å². The minimum atomic E-state index is -3.93. The maximum absolute atomic E-state index is 12.2. The van der Waals surface area contributed by atoms with Gasteiger partial charge in [0.15, 0.2) is 0 Å². The van der Waals surface area contributed by atoms with Gasteiger partial charge in [0.1, 0.15) is 4.90 Å². The van der Waals surface area contributed by atoms with Crippen LogP contribution in [0.15, 0.2) is 23.1 Å². The highest BCUT2D eigenvalue weighted by Gasteiger charge is 2.41. The summed E-state index contributed by atoms with van der Waals surface area (Å²) in [5.41, 5.74) is -0.481. The van der Waals surface area contributed by atoms with E-state index in [1.54, 1.807) is 0 Å². The summed E-state index contributed by atoms with van der Waals surface area (Å²) in [7, 11) is -3.93. The molecule has 21 heavy (non-hydrogen) atoms. The maximum atomic E-state index is 12.2. The van der Waals surface area contributed by atoms with Crippen LogP contribution in [0, 0.1) is 10.1 Å². The van der Waals surface area contributed by atoms with Crippen molar-refractivity contribution in [3.8, 4) is 0 Å². The van der Waals surface area contributed by atoms with Gasteiger partial charge in [0, 0.05) is 25.3 Å². The minimum absolute atomic E-state index is 0.00362. The van der Waals surface area contributed by atoms with Crippen molar-refractivity contribution in [1.29, 1.82) is 0 Å². The highest BCUT2D eigenvalue weighted by molar-refractivity contribution is 7.90. The van der Waals surface area contributed by atoms with Crippen LogP contribution >= 0.6 is 0 Å². The van der Waals surface area contributed by atoms with Gasteiger partial charge in [-0.25, -0.2) is 12.7 Å². The standard InChI is InChI=1S/C12H14N2O6S/c15-7-3-1-2-6-13-12(16)10-8-9(14(17)18)4-5-11(10)21(13,19)20/h4-5,8,15H,1-3,6-7H2. The van der Waals surface area contributed by atoms with Gasteiger partial charge < -0.3 is 5.11 Å². The summed E-state index contributed by atoms with van der Waals surface area (Å²) < 4.78 is 25.2. The van der Waals surface area contributed by atoms with Gasteiger partial charge >= 0.3 is 0 Å². The summed E-state index contributed by atoms with van der Waals surface area (Å²) in [6.45, 7) is 0.0107. The molecule has 0 saturated heterocycles. The van der Waals surface area contributed by atoms with Gasteiger partial charge in [0.05, 0.1) is 10.5 Å². The van der Waals surface area contributed by atoms with E-state index in [-0.39, 0.29) is 29.3 Å². The van der Waals surface area contributed by atoms with E-state index >= 15 is 0 Å². The van der Waals surface area contributed by atoms with Gasteiger partial charge in [0.25, 0.3) is 21.6 Å². The Hall–Kier alpha value is -2.00. The third-order valence-corrected chi connectivity index (χ3v) is 5.06. The Kier molecular flexibility index (Phi) is 4.24. The number of carbonyl (C=O) groups excluding carboxylic acids is 1. The molecule has 1 heterocycles. The molecule has 1 aromatic carbocycles. The number of carbonyl (C=O) groups is 1. The first-order valence-corrected chi connectivity index (χ1v) is 7.80. The van der Waals surface area contributed by atoms with E-state index in [2.05, 4.69) is 0 Å². The Morgan fingerprint density at radius 3 is 2.57 bits per heavy atom. The molecule has 0 bridgehead atoms. The molecule has 0 radical (unpaired) electrons. The normalized spacial score (nSPS) is 16.0. The van der Waals surface area contributed by atoms with E-state index in [4.69, 9.17) is 5.11 Å². The van der Waals surface area contributed by atoms with Crippen LogP contribution in [0.2, 0.25) is 0 Å². The molecule has 1 aliphatic rings. The van der Waals surface area contributed by atoms with Crippen LogP contribution in [0.25, 0.3) is 0 Å². The average molecular weight is 314 g/mol. The van der Waals surface area contributed by atoms with Crippen LogP contribution in [0.5, 0.6) is 0 Å². The van der Waals surface area contributed by atoms with Crippen LogP contribution in [0.4, 0.5) is 5.69 Å². The summed E-state index contributed by atoms with van der Waals surface area (Å²) in [5, 5.41) is 19.4. The van der Waals surface area contributed by atoms with E-state index in [0.717, 1.165) is 22.5 Å². The van der Waals surface area contributed by atoms with Gasteiger partial charge in [-0.1, -0.05) is 0 Å². The molecule has 1 amide bonds. The van der Waals surface area contributed by atoms with Gasteiger partial charge in [-0.3, -0.25) is 14.9 Å². The monoisotopic (exact) mass is 314 g/mol. The molecule has 1 N–H and O–H groups in total. The second-order valence-electron chi connectivity index (χ2n) is 4.60. The number of nitrogens with zero attached hydrogens (tertiary/aromatic N) is 2. The van der Waals surface area contributed by atoms with E-state index in [1.165, 1.54) is 0 Å². The first kappa shape index (κ1) is 15.4. The molecule has 0 aromatic heterocycles. The third kappa shape index (κ3) is 2.74. The maximum Gasteiger partial charge on any atom is 0.270 e. The molecule has 1 aromatic rings. The summed E-state index contributed by atoms with van der Waals surface area (Å²) in [6.07, 6.45) is 1.55. The number of benzene rings is 1. The minimum Gasteiger partial charge on any atom is -0.396 e. The lowest BCUT2D eigenvalue weighted by Gasteiger charge is -2.14. The fourth-order valence-electron chi connectivity index (χ4n) is 2.15. The fourth-order valence-corrected chi connectivity index (χ4v) is 3.74. The summed E-state index contributed by atoms with van der Waals surface area (Å²) in [4.78, 5) is 22.0. The number of rotatable bonds is 6. The lowest BCUT2D eigenvalue weighted by Crippen LogP contribution is -2.31. The molecule has 0 aliphatic carbocycles. The molecular formula is C12H14N2O6S. The van der Waals surface area contributed by atoms with Crippen molar-refractivity contribution >= 4 is 21.6 Å². The fraction of sp³-hybridized carbons (Fsp3) is 0.417. The number of non-ortho nitro benzene ring substituents is 1. The molecule has 0 saturated carbocycles. The molecule has 1 aliphatic heterocycles. The topological polar surface area (TPSA) is 118 Å². The number of hydrogen-bond acceptors (Lipinski definition) is 6.